The Kier molecular flexibility index (Phi) is 7.47. The number of anilines is 1. The molecular formula is C33H30N2O2S. The van der Waals surface area contributed by atoms with E-state index in [4.69, 9.17) is 0 Å². The van der Waals surface area contributed by atoms with E-state index in [1.54, 1.807) is 12.1 Å². The molecule has 1 heterocycles. The van der Waals surface area contributed by atoms with Gasteiger partial charge in [0.2, 0.25) is 0 Å². The van der Waals surface area contributed by atoms with Crippen molar-refractivity contribution in [1.82, 2.24) is 5.32 Å². The quantitative estimate of drug-likeness (QED) is 0.269. The number of hydrogen-bond acceptors (Lipinski definition) is 3. The molecule has 38 heavy (non-hydrogen) atoms. The van der Waals surface area contributed by atoms with Crippen LogP contribution in [0.15, 0.2) is 107 Å². The number of benzene rings is 4. The number of nitrogens with one attached hydrogen (secondary N) is 1. The predicted octanol–water partition coefficient (Wildman–Crippen LogP) is 7.47. The topological polar surface area (TPSA) is 49.4 Å². The normalized spacial score (nSPS) is 14.8. The van der Waals surface area contributed by atoms with E-state index in [1.165, 1.54) is 22.9 Å². The van der Waals surface area contributed by atoms with Crippen LogP contribution in [0.5, 0.6) is 0 Å². The lowest BCUT2D eigenvalue weighted by Crippen LogP contribution is -2.34. The van der Waals surface area contributed by atoms with Gasteiger partial charge in [-0.1, -0.05) is 90.1 Å². The zero-order valence-corrected chi connectivity index (χ0v) is 22.6. The summed E-state index contributed by atoms with van der Waals surface area (Å²) in [5.41, 5.74) is 6.93. The number of carbonyl (C=O) groups excluding carboxylic acids is 2. The first-order chi connectivity index (χ1) is 18.4. The summed E-state index contributed by atoms with van der Waals surface area (Å²) in [7, 11) is 0. The molecule has 1 N–H and O–H groups in total. The molecule has 5 rings (SSSR count). The van der Waals surface area contributed by atoms with Crippen molar-refractivity contribution in [2.24, 2.45) is 0 Å². The average molecular weight is 519 g/mol. The molecule has 0 spiro atoms. The van der Waals surface area contributed by atoms with Gasteiger partial charge in [-0.15, -0.1) is 0 Å². The number of nitrogens with zero attached hydrogens (tertiary/aromatic N) is 1. The van der Waals surface area contributed by atoms with Crippen LogP contribution in [0, 0.1) is 13.8 Å². The Balaban J connectivity index is 1.37. The van der Waals surface area contributed by atoms with Crippen LogP contribution in [0.1, 0.15) is 51.1 Å². The second-order valence-electron chi connectivity index (χ2n) is 9.63. The van der Waals surface area contributed by atoms with Crippen molar-refractivity contribution in [3.63, 3.8) is 0 Å². The van der Waals surface area contributed by atoms with E-state index >= 15 is 0 Å². The molecule has 4 nitrogen and oxygen atoms in total. The van der Waals surface area contributed by atoms with E-state index in [9.17, 15) is 9.59 Å². The Labute approximate surface area is 228 Å². The molecule has 0 radical (unpaired) electrons. The van der Waals surface area contributed by atoms with Crippen molar-refractivity contribution < 1.29 is 9.59 Å². The van der Waals surface area contributed by atoms with Crippen LogP contribution in [-0.2, 0) is 11.3 Å². The SMILES string of the molecule is Cc1ccc(C)c(CN2C(=O)/C(=C/c3ccc(C(=O)N[C@H](C)c4ccccc4)cc3)Sc3ccccc32)c1. The van der Waals surface area contributed by atoms with Gasteiger partial charge >= 0.3 is 0 Å². The molecule has 0 aliphatic carbocycles. The Morgan fingerprint density at radius 1 is 0.921 bits per heavy atom. The monoisotopic (exact) mass is 518 g/mol. The van der Waals surface area contributed by atoms with Crippen molar-refractivity contribution in [3.8, 4) is 0 Å². The van der Waals surface area contributed by atoms with Crippen LogP contribution in [0.3, 0.4) is 0 Å². The predicted molar refractivity (Wildman–Crippen MR) is 156 cm³/mol. The smallest absolute Gasteiger partial charge is 0.265 e. The Morgan fingerprint density at radius 3 is 2.39 bits per heavy atom. The molecule has 0 saturated heterocycles. The van der Waals surface area contributed by atoms with Crippen molar-refractivity contribution in [1.29, 1.82) is 0 Å². The van der Waals surface area contributed by atoms with E-state index < -0.39 is 0 Å². The minimum absolute atomic E-state index is 0.0203. The third kappa shape index (κ3) is 5.58. The minimum atomic E-state index is -0.127. The van der Waals surface area contributed by atoms with Gasteiger partial charge in [0.05, 0.1) is 23.2 Å². The summed E-state index contributed by atoms with van der Waals surface area (Å²) in [5.74, 6) is -0.148. The van der Waals surface area contributed by atoms with E-state index in [-0.39, 0.29) is 17.9 Å². The van der Waals surface area contributed by atoms with Crippen molar-refractivity contribution in [2.45, 2.75) is 38.3 Å². The third-order valence-electron chi connectivity index (χ3n) is 6.78. The molecule has 0 aromatic heterocycles. The molecule has 0 unspecified atom stereocenters. The molecule has 0 fully saturated rings. The largest absolute Gasteiger partial charge is 0.346 e. The average Bonchev–Trinajstić information content (AvgIpc) is 2.93. The third-order valence-corrected chi connectivity index (χ3v) is 7.86. The van der Waals surface area contributed by atoms with Crippen molar-refractivity contribution >= 4 is 35.3 Å². The number of fused-ring (bicyclic) bond motifs is 1. The van der Waals surface area contributed by atoms with Gasteiger partial charge in [-0.25, -0.2) is 0 Å². The Bertz CT molecular complexity index is 1510. The molecule has 1 atom stereocenters. The number of aryl methyl sites for hydroxylation is 2. The van der Waals surface area contributed by atoms with Gasteiger partial charge in [-0.3, -0.25) is 9.59 Å². The number of amides is 2. The molecule has 0 saturated carbocycles. The van der Waals surface area contributed by atoms with E-state index in [0.717, 1.165) is 27.3 Å². The van der Waals surface area contributed by atoms with Crippen LogP contribution in [0.4, 0.5) is 5.69 Å². The molecule has 0 bridgehead atoms. The van der Waals surface area contributed by atoms with Gasteiger partial charge < -0.3 is 10.2 Å². The lowest BCUT2D eigenvalue weighted by atomic mass is 10.0. The van der Waals surface area contributed by atoms with Gasteiger partial charge in [0.15, 0.2) is 0 Å². The van der Waals surface area contributed by atoms with Crippen molar-refractivity contribution in [3.05, 3.63) is 135 Å². The summed E-state index contributed by atoms with van der Waals surface area (Å²) in [4.78, 5) is 30.1. The summed E-state index contributed by atoms with van der Waals surface area (Å²) in [6.45, 7) is 6.64. The summed E-state index contributed by atoms with van der Waals surface area (Å²) in [6.07, 6.45) is 1.91. The van der Waals surface area contributed by atoms with Gasteiger partial charge in [-0.05, 0) is 73.4 Å². The molecule has 1 aliphatic heterocycles. The molecular weight excluding hydrogens is 488 g/mol. The lowest BCUT2D eigenvalue weighted by molar-refractivity contribution is -0.114. The van der Waals surface area contributed by atoms with Gasteiger partial charge in [0.1, 0.15) is 0 Å². The molecule has 4 aromatic carbocycles. The molecule has 1 aliphatic rings. The maximum Gasteiger partial charge on any atom is 0.265 e. The number of thioether (sulfide) groups is 1. The van der Waals surface area contributed by atoms with Crippen molar-refractivity contribution in [2.75, 3.05) is 4.90 Å². The highest BCUT2D eigenvalue weighted by molar-refractivity contribution is 8.04. The highest BCUT2D eigenvalue weighted by atomic mass is 32.2. The van der Waals surface area contributed by atoms with E-state index in [0.29, 0.717) is 17.0 Å². The Morgan fingerprint density at radius 2 is 1.63 bits per heavy atom. The number of rotatable bonds is 6. The number of hydrogen-bond donors (Lipinski definition) is 1. The summed E-state index contributed by atoms with van der Waals surface area (Å²) in [6, 6.07) is 31.6. The van der Waals surface area contributed by atoms with Crippen LogP contribution in [0.25, 0.3) is 6.08 Å². The Hall–Kier alpha value is -4.09. The maximum atomic E-state index is 13.7. The van der Waals surface area contributed by atoms with Gasteiger partial charge in [0, 0.05) is 10.5 Å². The minimum Gasteiger partial charge on any atom is -0.346 e. The lowest BCUT2D eigenvalue weighted by Gasteiger charge is -2.31. The molecule has 5 heteroatoms. The van der Waals surface area contributed by atoms with Crippen LogP contribution < -0.4 is 10.2 Å². The summed E-state index contributed by atoms with van der Waals surface area (Å²) >= 11 is 1.49. The van der Waals surface area contributed by atoms with E-state index in [1.807, 2.05) is 78.6 Å². The zero-order valence-electron chi connectivity index (χ0n) is 21.8. The zero-order chi connectivity index (χ0) is 26.6. The first-order valence-electron chi connectivity index (χ1n) is 12.7. The molecule has 190 valence electrons. The second kappa shape index (κ2) is 11.1. The first kappa shape index (κ1) is 25.6. The van der Waals surface area contributed by atoms with Gasteiger partial charge in [-0.2, -0.15) is 0 Å². The molecule has 4 aromatic rings. The second-order valence-corrected chi connectivity index (χ2v) is 10.7. The summed E-state index contributed by atoms with van der Waals surface area (Å²) < 4.78 is 0. The van der Waals surface area contributed by atoms with Gasteiger partial charge in [0.25, 0.3) is 11.8 Å². The summed E-state index contributed by atoms with van der Waals surface area (Å²) in [5, 5.41) is 3.05. The van der Waals surface area contributed by atoms with Crippen LogP contribution in [0.2, 0.25) is 0 Å². The fourth-order valence-corrected chi connectivity index (χ4v) is 5.61. The fraction of sp³-hybridized carbons (Fsp3) is 0.152. The number of para-hydroxylation sites is 1. The number of carbonyl (C=O) groups is 2. The first-order valence-corrected chi connectivity index (χ1v) is 13.5. The van der Waals surface area contributed by atoms with Crippen LogP contribution >= 0.6 is 11.8 Å². The standard InChI is InChI=1S/C33H30N2O2S/c1-22-13-14-23(2)28(19-22)21-35-29-11-7-8-12-30(29)38-31(33(35)37)20-25-15-17-27(18-16-25)32(36)34-24(3)26-9-5-4-6-10-26/h4-20,24H,21H2,1-3H3,(H,34,36)/b31-20-/t24-/m1/s1. The fourth-order valence-electron chi connectivity index (χ4n) is 4.55. The maximum absolute atomic E-state index is 13.7. The highest BCUT2D eigenvalue weighted by Gasteiger charge is 2.29. The highest BCUT2D eigenvalue weighted by Crippen LogP contribution is 2.42. The molecule has 2 amide bonds. The van der Waals surface area contributed by atoms with Crippen LogP contribution in [-0.4, -0.2) is 11.8 Å². The van der Waals surface area contributed by atoms with E-state index in [2.05, 4.69) is 43.4 Å².